The number of amides is 2. The number of benzene rings is 3. The molecule has 75 heavy (non-hydrogen) atoms. The van der Waals surface area contributed by atoms with Gasteiger partial charge in [-0.1, -0.05) is 108 Å². The van der Waals surface area contributed by atoms with Crippen molar-refractivity contribution in [2.75, 3.05) is 27.4 Å². The van der Waals surface area contributed by atoms with Crippen LogP contribution in [0.2, 0.25) is 5.04 Å². The number of fused-ring (bicyclic) bond motifs is 1. The largest absolute Gasteiger partial charge is 0.468 e. The summed E-state index contributed by atoms with van der Waals surface area (Å²) in [6.07, 6.45) is -1.91. The zero-order chi connectivity index (χ0) is 55.1. The number of nitrogens with one attached hydrogen (secondary N) is 2. The van der Waals surface area contributed by atoms with Gasteiger partial charge < -0.3 is 28.5 Å². The average Bonchev–Trinajstić information content (AvgIpc) is 3.94. The summed E-state index contributed by atoms with van der Waals surface area (Å²) in [5.74, 6) is -0.854. The Labute approximate surface area is 444 Å². The van der Waals surface area contributed by atoms with E-state index < -0.39 is 68.2 Å². The van der Waals surface area contributed by atoms with E-state index in [1.165, 1.54) is 23.8 Å². The van der Waals surface area contributed by atoms with Crippen molar-refractivity contribution < 1.29 is 46.2 Å². The van der Waals surface area contributed by atoms with Crippen molar-refractivity contribution in [1.29, 1.82) is 0 Å². The molecule has 1 saturated heterocycles. The second-order valence-corrected chi connectivity index (χ2v) is 26.6. The first-order valence-corrected chi connectivity index (χ1v) is 27.8. The first-order chi connectivity index (χ1) is 35.3. The number of rotatable bonds is 19. The molecule has 19 heteroatoms. The summed E-state index contributed by atoms with van der Waals surface area (Å²) in [7, 11) is -0.272. The van der Waals surface area contributed by atoms with Crippen LogP contribution in [0.15, 0.2) is 102 Å². The highest BCUT2D eigenvalue weighted by Gasteiger charge is 2.51. The molecule has 14 nitrogen and oxygen atoms in total. The zero-order valence-electron chi connectivity index (χ0n) is 45.2. The lowest BCUT2D eigenvalue weighted by Gasteiger charge is -2.44. The van der Waals surface area contributed by atoms with E-state index in [1.807, 2.05) is 42.5 Å². The predicted molar refractivity (Wildman–Crippen MR) is 292 cm³/mol. The van der Waals surface area contributed by atoms with E-state index in [0.717, 1.165) is 21.9 Å². The second-order valence-electron chi connectivity index (χ2n) is 21.6. The quantitative estimate of drug-likeness (QED) is 0.0353. The Kier molecular flexibility index (Phi) is 18.6. The second kappa shape index (κ2) is 23.9. The molecule has 0 saturated carbocycles. The molecule has 0 bridgehead atoms. The molecule has 0 spiro atoms. The summed E-state index contributed by atoms with van der Waals surface area (Å²) < 4.78 is 74.8. The maximum Gasteiger partial charge on any atom is 0.408 e. The molecule has 6 rings (SSSR count). The third-order valence-corrected chi connectivity index (χ3v) is 18.8. The van der Waals surface area contributed by atoms with E-state index in [-0.39, 0.29) is 36.9 Å². The molecule has 404 valence electrons. The number of halogens is 3. The molecule has 0 radical (unpaired) electrons. The van der Waals surface area contributed by atoms with E-state index >= 15 is 13.2 Å². The molecule has 5 aromatic rings. The predicted octanol–water partition coefficient (Wildman–Crippen LogP) is 9.99. The maximum absolute atomic E-state index is 15.0. The minimum atomic E-state index is -4.63. The summed E-state index contributed by atoms with van der Waals surface area (Å²) in [6.45, 7) is 22.7. The third-order valence-electron chi connectivity index (χ3n) is 13.0. The van der Waals surface area contributed by atoms with Gasteiger partial charge in [-0.3, -0.25) is 19.6 Å². The van der Waals surface area contributed by atoms with Gasteiger partial charge in [-0.2, -0.15) is 17.5 Å². The van der Waals surface area contributed by atoms with Crippen molar-refractivity contribution in [3.05, 3.63) is 114 Å². The van der Waals surface area contributed by atoms with Gasteiger partial charge in [0.05, 0.1) is 24.6 Å². The van der Waals surface area contributed by atoms with Gasteiger partial charge >= 0.3 is 18.2 Å². The Balaban J connectivity index is 1.50. The van der Waals surface area contributed by atoms with Gasteiger partial charge in [-0.05, 0) is 110 Å². The van der Waals surface area contributed by atoms with Crippen LogP contribution in [0.3, 0.4) is 0 Å². The minimum absolute atomic E-state index is 0.152. The van der Waals surface area contributed by atoms with Crippen molar-refractivity contribution in [2.45, 2.75) is 136 Å². The van der Waals surface area contributed by atoms with Gasteiger partial charge in [0.2, 0.25) is 0 Å². The number of carbonyl (C=O) groups excluding carboxylic acids is 3. The number of alkyl halides is 3. The van der Waals surface area contributed by atoms with Crippen molar-refractivity contribution in [3.63, 3.8) is 0 Å². The lowest BCUT2D eigenvalue weighted by Crippen LogP contribution is -2.67. The molecule has 3 aromatic carbocycles. The van der Waals surface area contributed by atoms with Gasteiger partial charge in [0.15, 0.2) is 0 Å². The van der Waals surface area contributed by atoms with Crippen LogP contribution in [0.4, 0.5) is 18.0 Å². The van der Waals surface area contributed by atoms with Crippen LogP contribution in [0.5, 0.6) is 0 Å². The lowest BCUT2D eigenvalue weighted by atomic mass is 9.84. The Morgan fingerprint density at radius 2 is 1.61 bits per heavy atom. The molecular formula is C56H72F3N7O7SSi. The van der Waals surface area contributed by atoms with Crippen LogP contribution in [-0.4, -0.2) is 109 Å². The summed E-state index contributed by atoms with van der Waals surface area (Å²) in [4.78, 5) is 49.3. The van der Waals surface area contributed by atoms with Gasteiger partial charge in [0, 0.05) is 54.9 Å². The summed E-state index contributed by atoms with van der Waals surface area (Å²) in [5, 5.41) is 6.80. The fourth-order valence-corrected chi connectivity index (χ4v) is 15.1. The molecule has 1 fully saturated rings. The van der Waals surface area contributed by atoms with Gasteiger partial charge in [-0.25, -0.2) is 15.2 Å². The number of hydrazine groups is 1. The fraction of sp³-hybridized carbons (Fsp3) is 0.464. The van der Waals surface area contributed by atoms with Crippen LogP contribution in [0, 0.1) is 5.41 Å². The number of hydrogen-bond donors (Lipinski definition) is 2. The summed E-state index contributed by atoms with van der Waals surface area (Å²) in [6, 6.07) is 23.8. The molecular weight excluding hydrogens is 1000 g/mol. The highest BCUT2D eigenvalue weighted by atomic mass is 32.1. The van der Waals surface area contributed by atoms with Crippen molar-refractivity contribution in [3.8, 4) is 10.6 Å². The number of methoxy groups -OCH3 is 2. The number of ether oxygens (including phenoxy) is 3. The third kappa shape index (κ3) is 13.9. The fourth-order valence-electron chi connectivity index (χ4n) is 9.68. The number of carbonyl (C=O) groups is 3. The number of allylic oxidation sites excluding steroid dienone is 2. The Morgan fingerprint density at radius 1 is 0.973 bits per heavy atom. The van der Waals surface area contributed by atoms with Crippen molar-refractivity contribution in [1.82, 2.24) is 29.7 Å². The Hall–Kier alpha value is -5.99. The number of aromatic nitrogens is 3. The zero-order valence-corrected chi connectivity index (χ0v) is 47.0. The van der Waals surface area contributed by atoms with E-state index in [0.29, 0.717) is 56.8 Å². The van der Waals surface area contributed by atoms with Crippen LogP contribution < -0.4 is 21.1 Å². The average molecular weight is 1070 g/mol. The maximum atomic E-state index is 15.0. The minimum Gasteiger partial charge on any atom is -0.468 e. The van der Waals surface area contributed by atoms with Crippen LogP contribution in [-0.2, 0) is 47.6 Å². The number of nitrogens with zero attached hydrogens (tertiary/aromatic N) is 5. The molecule has 0 unspecified atom stereocenters. The topological polar surface area (TPSA) is 158 Å². The summed E-state index contributed by atoms with van der Waals surface area (Å²) in [5.41, 5.74) is 3.95. The number of esters is 1. The molecule has 3 atom stereocenters. The van der Waals surface area contributed by atoms with Crippen LogP contribution in [0.1, 0.15) is 99.2 Å². The molecule has 1 aliphatic rings. The molecule has 0 aliphatic carbocycles. The first kappa shape index (κ1) is 58.3. The van der Waals surface area contributed by atoms with E-state index in [2.05, 4.69) is 85.6 Å². The van der Waals surface area contributed by atoms with Crippen LogP contribution >= 0.6 is 11.5 Å². The summed E-state index contributed by atoms with van der Waals surface area (Å²) >= 11 is 1.04. The lowest BCUT2D eigenvalue weighted by molar-refractivity contribution is -0.150. The van der Waals surface area contributed by atoms with Gasteiger partial charge in [0.1, 0.15) is 35.1 Å². The molecule has 2 amide bonds. The Bertz CT molecular complexity index is 2830. The normalized spacial score (nSPS) is 16.1. The number of aliphatic imine (C=N–C) groups is 1. The molecule has 2 aromatic heterocycles. The van der Waals surface area contributed by atoms with Crippen LogP contribution in [0.25, 0.3) is 27.0 Å². The highest BCUT2D eigenvalue weighted by molar-refractivity contribution is 7.09. The van der Waals surface area contributed by atoms with E-state index in [9.17, 15) is 14.4 Å². The van der Waals surface area contributed by atoms with E-state index in [1.54, 1.807) is 59.0 Å². The molecule has 1 aliphatic heterocycles. The molecule has 2 N–H and O–H groups in total. The van der Waals surface area contributed by atoms with Crippen molar-refractivity contribution in [2.24, 2.45) is 10.4 Å². The Morgan fingerprint density at radius 3 is 2.16 bits per heavy atom. The standard InChI is InChI=1S/C56H72F3N7O7SSi/c1-14-40(47(60-15-2)36(3)70-12)48-42(33-55(10,11)35-72-75(54(7,8)9,38-23-18-16-19-24-38)39-25-20-17-21-26-39)41-31-37(28-29-45(41)65(48)34-56(57,58)59)49-62-46(64-74-49)32-44(61-52(69)73-53(4,5)6)50(67)66-30-22-27-43(63-66)51(68)71-13/h14-21,23-26,28-29,31,36,43-44,63H,1,22,27,30,32-35H2,2-13H3,(H,61,69)/b47-40+,60-15-/t36-,43-,44-/m0/s1. The smallest absolute Gasteiger partial charge is 0.408 e. The van der Waals surface area contributed by atoms with Crippen molar-refractivity contribution >= 4 is 70.9 Å². The monoisotopic (exact) mass is 1070 g/mol. The van der Waals surface area contributed by atoms with Gasteiger partial charge in [0.25, 0.3) is 14.2 Å². The van der Waals surface area contributed by atoms with Gasteiger partial charge in [-0.15, -0.1) is 0 Å². The first-order valence-electron chi connectivity index (χ1n) is 25.1. The highest BCUT2D eigenvalue weighted by Crippen LogP contribution is 2.43. The number of hydrogen-bond acceptors (Lipinski definition) is 12. The molecule has 3 heterocycles. The van der Waals surface area contributed by atoms with E-state index in [4.69, 9.17) is 23.6 Å². The number of alkyl carbamates (subject to hydrolysis) is 1. The SMILES string of the molecule is C=C/C(=C(\N=C/C)[C@H](C)OC)c1c(CC(C)(C)CO[Si](c2ccccc2)(c2ccccc2)C(C)(C)C)c2cc(-c3nc(C[C@H](NC(=O)OC(C)(C)C)C(=O)N4CCC[C@@H](C(=O)OC)N4)ns3)ccc2n1CC(F)(F)F.